The van der Waals surface area contributed by atoms with Crippen LogP contribution in [0.4, 0.5) is 0 Å². The van der Waals surface area contributed by atoms with E-state index in [1.54, 1.807) is 0 Å². The van der Waals surface area contributed by atoms with Crippen LogP contribution in [-0.2, 0) is 16.1 Å². The van der Waals surface area contributed by atoms with Crippen molar-refractivity contribution in [3.05, 3.63) is 79.0 Å². The van der Waals surface area contributed by atoms with Crippen LogP contribution in [0.3, 0.4) is 0 Å². The second-order valence-corrected chi connectivity index (χ2v) is 8.43. The van der Waals surface area contributed by atoms with Crippen LogP contribution in [0.1, 0.15) is 6.92 Å². The van der Waals surface area contributed by atoms with Crippen molar-refractivity contribution in [2.24, 2.45) is 0 Å². The quantitative estimate of drug-likeness (QED) is 0.279. The minimum Gasteiger partial charge on any atom is -0.461 e. The molecule has 5 nitrogen and oxygen atoms in total. The van der Waals surface area contributed by atoms with E-state index in [4.69, 9.17) is 9.84 Å². The van der Waals surface area contributed by atoms with Crippen molar-refractivity contribution in [3.63, 3.8) is 0 Å². The zero-order chi connectivity index (χ0) is 22.1. The summed E-state index contributed by atoms with van der Waals surface area (Å²) >= 11 is 0. The van der Waals surface area contributed by atoms with Gasteiger partial charge in [0.25, 0.3) is 0 Å². The van der Waals surface area contributed by atoms with Gasteiger partial charge in [0.1, 0.15) is 5.52 Å². The summed E-state index contributed by atoms with van der Waals surface area (Å²) in [6.07, 6.45) is 2.02. The molecule has 7 rings (SSSR count). The Labute approximate surface area is 188 Å². The van der Waals surface area contributed by atoms with Crippen molar-refractivity contribution in [3.8, 4) is 0 Å². The lowest BCUT2D eigenvalue weighted by atomic mass is 10.1. The van der Waals surface area contributed by atoms with Crippen molar-refractivity contribution in [1.82, 2.24) is 9.61 Å². The minimum atomic E-state index is -0.242. The number of rotatable bonds is 3. The third kappa shape index (κ3) is 2.44. The highest BCUT2D eigenvalue weighted by Gasteiger charge is 2.26. The van der Waals surface area contributed by atoms with E-state index >= 15 is 0 Å². The molecule has 33 heavy (non-hydrogen) atoms. The number of hydrogen-bond acceptors (Lipinski definition) is 3. The maximum absolute atomic E-state index is 12.5. The first-order valence-corrected chi connectivity index (χ1v) is 11.2. The van der Waals surface area contributed by atoms with E-state index in [9.17, 15) is 4.79 Å². The van der Waals surface area contributed by atoms with Gasteiger partial charge in [-0.15, -0.1) is 0 Å². The summed E-state index contributed by atoms with van der Waals surface area (Å²) < 4.78 is 9.30. The van der Waals surface area contributed by atoms with E-state index in [2.05, 4.69) is 65.2 Å². The molecule has 3 aromatic heterocycles. The molecule has 5 heteroatoms. The van der Waals surface area contributed by atoms with Crippen LogP contribution in [0.25, 0.3) is 59.8 Å². The van der Waals surface area contributed by atoms with E-state index in [-0.39, 0.29) is 12.5 Å². The Morgan fingerprint density at radius 1 is 0.909 bits per heavy atom. The van der Waals surface area contributed by atoms with Gasteiger partial charge >= 0.3 is 5.97 Å². The second-order valence-electron chi connectivity index (χ2n) is 8.43. The van der Waals surface area contributed by atoms with Gasteiger partial charge in [0.2, 0.25) is 17.6 Å². The Morgan fingerprint density at radius 2 is 1.70 bits per heavy atom. The highest BCUT2D eigenvalue weighted by molar-refractivity contribution is 6.29. The molecule has 0 aliphatic carbocycles. The molecule has 3 heterocycles. The van der Waals surface area contributed by atoms with Crippen molar-refractivity contribution in [1.29, 1.82) is 0 Å². The molecule has 0 amide bonds. The standard InChI is InChI=1S/C28H20N3O2/c1-2-33-25(32)16-30-23-12-4-3-9-18(23)20-13-14-31-24(28(20)30)15-22-19-10-5-7-17-8-6-11-21(26(17)19)27(22)29-31/h3-15H,2,16H2,1H3/q+1. The van der Waals surface area contributed by atoms with E-state index in [1.165, 1.54) is 21.5 Å². The van der Waals surface area contributed by atoms with Crippen molar-refractivity contribution in [2.45, 2.75) is 13.5 Å². The Bertz CT molecular complexity index is 1880. The number of hydrogen-bond donors (Lipinski definition) is 0. The largest absolute Gasteiger partial charge is 0.461 e. The van der Waals surface area contributed by atoms with Crippen LogP contribution in [0.5, 0.6) is 0 Å². The smallest absolute Gasteiger partial charge is 0.372 e. The monoisotopic (exact) mass is 430 g/mol. The predicted octanol–water partition coefficient (Wildman–Crippen LogP) is 5.39. The topological polar surface area (TPSA) is 47.5 Å². The van der Waals surface area contributed by atoms with Crippen LogP contribution in [-0.4, -0.2) is 22.2 Å². The molecule has 0 radical (unpaired) electrons. The summed E-state index contributed by atoms with van der Waals surface area (Å²) in [7, 11) is 0. The van der Waals surface area contributed by atoms with Gasteiger partial charge in [-0.25, -0.2) is 9.31 Å². The number of benzene rings is 3. The molecule has 4 aromatic carbocycles. The summed E-state index contributed by atoms with van der Waals surface area (Å²) in [5, 5.41) is 13.3. The predicted molar refractivity (Wildman–Crippen MR) is 131 cm³/mol. The molecule has 0 unspecified atom stereocenters. The molecule has 158 valence electrons. The summed E-state index contributed by atoms with van der Waals surface area (Å²) in [6, 6.07) is 25.3. The molecule has 0 spiro atoms. The number of para-hydroxylation sites is 1. The molecule has 0 N–H and O–H groups in total. The number of ether oxygens (including phenoxy) is 1. The van der Waals surface area contributed by atoms with Crippen molar-refractivity contribution >= 4 is 65.7 Å². The number of esters is 1. The van der Waals surface area contributed by atoms with Gasteiger partial charge < -0.3 is 4.74 Å². The number of nitrogens with zero attached hydrogens (tertiary/aromatic N) is 3. The van der Waals surface area contributed by atoms with Crippen LogP contribution in [0, 0.1) is 0 Å². The Morgan fingerprint density at radius 3 is 2.55 bits per heavy atom. The third-order valence-electron chi connectivity index (χ3n) is 6.67. The number of fused-ring (bicyclic) bond motifs is 8. The van der Waals surface area contributed by atoms with Gasteiger partial charge in [0.15, 0.2) is 0 Å². The van der Waals surface area contributed by atoms with Crippen LogP contribution >= 0.6 is 0 Å². The first-order valence-electron chi connectivity index (χ1n) is 11.2. The fraction of sp³-hybridized carbons (Fsp3) is 0.107. The van der Waals surface area contributed by atoms with Gasteiger partial charge in [-0.05, 0) is 41.3 Å². The lowest BCUT2D eigenvalue weighted by molar-refractivity contribution is -0.631. The number of aromatic nitrogens is 3. The molecule has 0 aliphatic heterocycles. The summed E-state index contributed by atoms with van der Waals surface area (Å²) in [6.45, 7) is 2.35. The molecule has 0 saturated heterocycles. The van der Waals surface area contributed by atoms with Crippen molar-refractivity contribution in [2.75, 3.05) is 6.61 Å². The summed E-state index contributed by atoms with van der Waals surface area (Å²) in [5.41, 5.74) is 3.97. The third-order valence-corrected chi connectivity index (χ3v) is 6.67. The maximum atomic E-state index is 12.5. The van der Waals surface area contributed by atoms with E-state index in [1.807, 2.05) is 29.8 Å². The SMILES string of the molecule is CCOC(=O)C[n+]1c2ccccc2c2ccn3nc4c(cc3c21)c1cccc2cccc4c21. The molecular weight excluding hydrogens is 410 g/mol. The fourth-order valence-electron chi connectivity index (χ4n) is 5.36. The van der Waals surface area contributed by atoms with E-state index in [0.717, 1.165) is 38.2 Å². The molecule has 0 fully saturated rings. The van der Waals surface area contributed by atoms with Crippen LogP contribution in [0.15, 0.2) is 79.0 Å². The molecule has 0 atom stereocenters. The Hall–Kier alpha value is -4.25. The minimum absolute atomic E-state index is 0.157. The maximum Gasteiger partial charge on any atom is 0.372 e. The second kappa shape index (κ2) is 6.62. The zero-order valence-corrected chi connectivity index (χ0v) is 18.1. The number of carbonyl (C=O) groups is 1. The summed E-state index contributed by atoms with van der Waals surface area (Å²) in [4.78, 5) is 12.5. The normalized spacial score (nSPS) is 12.2. The number of carbonyl (C=O) groups excluding carboxylic acids is 1. The highest BCUT2D eigenvalue weighted by atomic mass is 16.5. The Balaban J connectivity index is 1.66. The molecule has 0 saturated carbocycles. The lowest BCUT2D eigenvalue weighted by Crippen LogP contribution is -2.38. The zero-order valence-electron chi connectivity index (χ0n) is 18.1. The molecular formula is C28H20N3O2+. The Kier molecular flexibility index (Phi) is 3.68. The van der Waals surface area contributed by atoms with Gasteiger partial charge in [-0.1, -0.05) is 48.5 Å². The van der Waals surface area contributed by atoms with Crippen LogP contribution < -0.4 is 4.57 Å². The average Bonchev–Trinajstić information content (AvgIpc) is 3.33. The van der Waals surface area contributed by atoms with E-state index < -0.39 is 0 Å². The molecule has 0 aliphatic rings. The number of pyridine rings is 1. The van der Waals surface area contributed by atoms with Crippen LogP contribution in [0.2, 0.25) is 0 Å². The first kappa shape index (κ1) is 18.3. The van der Waals surface area contributed by atoms with Gasteiger partial charge in [0, 0.05) is 23.0 Å². The van der Waals surface area contributed by atoms with Crippen molar-refractivity contribution < 1.29 is 14.1 Å². The van der Waals surface area contributed by atoms with Gasteiger partial charge in [0.05, 0.1) is 22.9 Å². The van der Waals surface area contributed by atoms with Gasteiger partial charge in [-0.2, -0.15) is 9.67 Å². The van der Waals surface area contributed by atoms with E-state index in [0.29, 0.717) is 6.61 Å². The van der Waals surface area contributed by atoms with Gasteiger partial charge in [-0.3, -0.25) is 0 Å². The molecule has 7 aromatic rings. The molecule has 0 bridgehead atoms. The first-order chi connectivity index (χ1) is 16.2. The lowest BCUT2D eigenvalue weighted by Gasteiger charge is -2.03. The average molecular weight is 430 g/mol. The summed E-state index contributed by atoms with van der Waals surface area (Å²) in [5.74, 6) is -0.242. The fourth-order valence-corrected chi connectivity index (χ4v) is 5.36. The highest BCUT2D eigenvalue weighted by Crippen LogP contribution is 2.38.